The quantitative estimate of drug-likeness (QED) is 0.702. The molecule has 0 radical (unpaired) electrons. The summed E-state index contributed by atoms with van der Waals surface area (Å²) in [6.45, 7) is 4.12. The van der Waals surface area contributed by atoms with Gasteiger partial charge in [-0.05, 0) is 44.4 Å². The maximum atomic E-state index is 12.4. The maximum Gasteiger partial charge on any atom is 0.239 e. The second-order valence-corrected chi connectivity index (χ2v) is 6.09. The molecule has 1 amide bonds. The van der Waals surface area contributed by atoms with E-state index < -0.39 is 0 Å². The Kier molecular flexibility index (Phi) is 5.64. The van der Waals surface area contributed by atoms with Gasteiger partial charge in [0.1, 0.15) is 0 Å². The molecule has 1 heterocycles. The van der Waals surface area contributed by atoms with Crippen molar-refractivity contribution in [2.75, 3.05) is 19.7 Å². The average Bonchev–Trinajstić information content (AvgIpc) is 3.19. The van der Waals surface area contributed by atoms with Crippen LogP contribution in [-0.4, -0.2) is 47.7 Å². The molecular formula is C15H28N2O2. The van der Waals surface area contributed by atoms with Crippen LogP contribution in [0, 0.1) is 5.92 Å². The second kappa shape index (κ2) is 7.25. The number of likely N-dealkylation sites (tertiary alicyclic amines) is 1. The van der Waals surface area contributed by atoms with Crippen LogP contribution in [0.25, 0.3) is 0 Å². The largest absolute Gasteiger partial charge is 0.396 e. The lowest BCUT2D eigenvalue weighted by Gasteiger charge is -2.35. The van der Waals surface area contributed by atoms with Gasteiger partial charge >= 0.3 is 0 Å². The number of aliphatic hydroxyl groups is 1. The topological polar surface area (TPSA) is 52.6 Å². The van der Waals surface area contributed by atoms with Crippen molar-refractivity contribution in [3.8, 4) is 0 Å². The van der Waals surface area contributed by atoms with Gasteiger partial charge in [0, 0.05) is 25.7 Å². The van der Waals surface area contributed by atoms with Crippen molar-refractivity contribution in [1.82, 2.24) is 10.2 Å². The molecule has 1 aliphatic heterocycles. The number of hydrogen-bond donors (Lipinski definition) is 2. The molecule has 1 saturated carbocycles. The number of nitrogens with one attached hydrogen (secondary N) is 1. The number of carbonyl (C=O) groups excluding carboxylic acids is 1. The van der Waals surface area contributed by atoms with E-state index >= 15 is 0 Å². The smallest absolute Gasteiger partial charge is 0.239 e. The van der Waals surface area contributed by atoms with Crippen molar-refractivity contribution in [3.63, 3.8) is 0 Å². The van der Waals surface area contributed by atoms with E-state index in [-0.39, 0.29) is 18.6 Å². The lowest BCUT2D eigenvalue weighted by molar-refractivity contribution is -0.136. The van der Waals surface area contributed by atoms with Gasteiger partial charge in [-0.1, -0.05) is 13.3 Å². The first-order valence-corrected chi connectivity index (χ1v) is 7.90. The summed E-state index contributed by atoms with van der Waals surface area (Å²) >= 11 is 0. The Balaban J connectivity index is 1.84. The minimum Gasteiger partial charge on any atom is -0.396 e. The third-order valence-electron chi connectivity index (χ3n) is 4.26. The van der Waals surface area contributed by atoms with Crippen molar-refractivity contribution in [3.05, 3.63) is 0 Å². The van der Waals surface area contributed by atoms with Gasteiger partial charge < -0.3 is 15.3 Å². The molecule has 1 saturated heterocycles. The lowest BCUT2D eigenvalue weighted by Crippen LogP contribution is -2.52. The molecule has 4 heteroatoms. The Morgan fingerprint density at radius 2 is 2.16 bits per heavy atom. The summed E-state index contributed by atoms with van der Waals surface area (Å²) in [6, 6.07) is 0.649. The summed E-state index contributed by atoms with van der Waals surface area (Å²) in [4.78, 5) is 14.5. The van der Waals surface area contributed by atoms with E-state index in [1.165, 1.54) is 12.8 Å². The van der Waals surface area contributed by atoms with Crippen molar-refractivity contribution >= 4 is 5.91 Å². The molecule has 2 unspecified atom stereocenters. The molecule has 2 rings (SSSR count). The first-order chi connectivity index (χ1) is 9.24. The van der Waals surface area contributed by atoms with E-state index in [0.29, 0.717) is 12.0 Å². The Morgan fingerprint density at radius 1 is 1.37 bits per heavy atom. The number of carbonyl (C=O) groups is 1. The van der Waals surface area contributed by atoms with Gasteiger partial charge in [0.25, 0.3) is 0 Å². The highest BCUT2D eigenvalue weighted by atomic mass is 16.3. The van der Waals surface area contributed by atoms with Crippen molar-refractivity contribution in [1.29, 1.82) is 0 Å². The molecule has 0 bridgehead atoms. The number of nitrogens with zero attached hydrogens (tertiary/aromatic N) is 1. The molecule has 0 spiro atoms. The molecule has 0 aromatic heterocycles. The molecule has 2 fully saturated rings. The lowest BCUT2D eigenvalue weighted by atomic mass is 9.97. The van der Waals surface area contributed by atoms with Gasteiger partial charge in [-0.3, -0.25) is 4.79 Å². The van der Waals surface area contributed by atoms with Gasteiger partial charge in [-0.15, -0.1) is 0 Å². The van der Waals surface area contributed by atoms with Gasteiger partial charge in [0.05, 0.1) is 6.04 Å². The summed E-state index contributed by atoms with van der Waals surface area (Å²) in [7, 11) is 0. The van der Waals surface area contributed by atoms with Crippen LogP contribution in [0.5, 0.6) is 0 Å². The monoisotopic (exact) mass is 268 g/mol. The minimum atomic E-state index is 0.0534. The SMILES string of the molecule is CCCC(CCO)CN1CCCC(NC2CC2)C1=O. The van der Waals surface area contributed by atoms with E-state index in [4.69, 9.17) is 5.11 Å². The fourth-order valence-corrected chi connectivity index (χ4v) is 3.04. The molecule has 2 N–H and O–H groups in total. The van der Waals surface area contributed by atoms with E-state index in [2.05, 4.69) is 12.2 Å². The third kappa shape index (κ3) is 4.46. The molecular weight excluding hydrogens is 240 g/mol. The normalized spacial score (nSPS) is 25.7. The minimum absolute atomic E-state index is 0.0534. The van der Waals surface area contributed by atoms with E-state index in [1.807, 2.05) is 4.90 Å². The molecule has 0 aromatic rings. The number of piperidine rings is 1. The molecule has 110 valence electrons. The average molecular weight is 268 g/mol. The third-order valence-corrected chi connectivity index (χ3v) is 4.26. The van der Waals surface area contributed by atoms with Crippen LogP contribution in [0.15, 0.2) is 0 Å². The highest BCUT2D eigenvalue weighted by Crippen LogP contribution is 2.23. The van der Waals surface area contributed by atoms with Crippen LogP contribution < -0.4 is 5.32 Å². The van der Waals surface area contributed by atoms with Crippen LogP contribution in [0.2, 0.25) is 0 Å². The summed E-state index contributed by atoms with van der Waals surface area (Å²) in [6.07, 6.45) is 7.59. The highest BCUT2D eigenvalue weighted by Gasteiger charge is 2.33. The number of aliphatic hydroxyl groups excluding tert-OH is 1. The predicted molar refractivity (Wildman–Crippen MR) is 75.9 cm³/mol. The molecule has 19 heavy (non-hydrogen) atoms. The van der Waals surface area contributed by atoms with Gasteiger partial charge in [0.2, 0.25) is 5.91 Å². The number of rotatable bonds is 8. The number of amides is 1. The Hall–Kier alpha value is -0.610. The standard InChI is InChI=1S/C15H28N2O2/c1-2-4-12(8-10-18)11-17-9-3-5-14(15(17)19)16-13-6-7-13/h12-14,16,18H,2-11H2,1H3. The molecule has 4 nitrogen and oxygen atoms in total. The zero-order chi connectivity index (χ0) is 13.7. The molecule has 2 aliphatic rings. The Labute approximate surface area is 116 Å². The van der Waals surface area contributed by atoms with Crippen molar-refractivity contribution in [2.24, 2.45) is 5.92 Å². The highest BCUT2D eigenvalue weighted by molar-refractivity contribution is 5.82. The molecule has 1 aliphatic carbocycles. The van der Waals surface area contributed by atoms with Crippen LogP contribution in [0.1, 0.15) is 51.9 Å². The van der Waals surface area contributed by atoms with Crippen LogP contribution in [0.4, 0.5) is 0 Å². The fourth-order valence-electron chi connectivity index (χ4n) is 3.04. The summed E-state index contributed by atoms with van der Waals surface area (Å²) < 4.78 is 0. The van der Waals surface area contributed by atoms with Crippen LogP contribution >= 0.6 is 0 Å². The van der Waals surface area contributed by atoms with E-state index in [9.17, 15) is 4.79 Å². The van der Waals surface area contributed by atoms with Gasteiger partial charge in [0.15, 0.2) is 0 Å². The van der Waals surface area contributed by atoms with Crippen molar-refractivity contribution in [2.45, 2.75) is 64.0 Å². The number of hydrogen-bond acceptors (Lipinski definition) is 3. The fraction of sp³-hybridized carbons (Fsp3) is 0.933. The second-order valence-electron chi connectivity index (χ2n) is 6.09. The van der Waals surface area contributed by atoms with Crippen LogP contribution in [0.3, 0.4) is 0 Å². The maximum absolute atomic E-state index is 12.4. The summed E-state index contributed by atoms with van der Waals surface area (Å²) in [5.74, 6) is 0.746. The van der Waals surface area contributed by atoms with E-state index in [0.717, 1.165) is 45.2 Å². The first-order valence-electron chi connectivity index (χ1n) is 7.90. The predicted octanol–water partition coefficient (Wildman–Crippen LogP) is 1.53. The molecule has 0 aromatic carbocycles. The first kappa shape index (κ1) is 14.8. The molecule has 2 atom stereocenters. The van der Waals surface area contributed by atoms with Gasteiger partial charge in [-0.2, -0.15) is 0 Å². The Morgan fingerprint density at radius 3 is 2.79 bits per heavy atom. The van der Waals surface area contributed by atoms with Crippen LogP contribution in [-0.2, 0) is 4.79 Å². The zero-order valence-corrected chi connectivity index (χ0v) is 12.1. The zero-order valence-electron chi connectivity index (χ0n) is 12.1. The van der Waals surface area contributed by atoms with E-state index in [1.54, 1.807) is 0 Å². The Bertz CT molecular complexity index is 286. The summed E-state index contributed by atoms with van der Waals surface area (Å²) in [5.41, 5.74) is 0. The van der Waals surface area contributed by atoms with Gasteiger partial charge in [-0.25, -0.2) is 0 Å². The van der Waals surface area contributed by atoms with Crippen molar-refractivity contribution < 1.29 is 9.90 Å². The summed E-state index contributed by atoms with van der Waals surface area (Å²) in [5, 5.41) is 12.6.